The fraction of sp³-hybridized carbons (Fsp3) is 0.316. The third kappa shape index (κ3) is 3.53. The number of hydrogen-bond donors (Lipinski definition) is 2. The minimum atomic E-state index is -0.254. The fourth-order valence-corrected chi connectivity index (χ4v) is 3.68. The highest BCUT2D eigenvalue weighted by molar-refractivity contribution is 6.30. The third-order valence-electron chi connectivity index (χ3n) is 4.89. The molecular formula is C19H21Cl2N5O2. The van der Waals surface area contributed by atoms with Gasteiger partial charge >= 0.3 is 0 Å². The van der Waals surface area contributed by atoms with Crippen LogP contribution >= 0.6 is 24.0 Å². The molecule has 9 heteroatoms. The van der Waals surface area contributed by atoms with Crippen molar-refractivity contribution in [1.29, 1.82) is 0 Å². The SMILES string of the molecule is CCn1c2c(c(=O)n3ncc(C(=O)NCc4ccc(Cl)cc4)c13)CNCC2.Cl. The largest absolute Gasteiger partial charge is 0.348 e. The monoisotopic (exact) mass is 421 g/mol. The summed E-state index contributed by atoms with van der Waals surface area (Å²) in [5.74, 6) is -0.254. The predicted octanol–water partition coefficient (Wildman–Crippen LogP) is 2.17. The molecule has 0 bridgehead atoms. The van der Waals surface area contributed by atoms with E-state index in [4.69, 9.17) is 11.6 Å². The van der Waals surface area contributed by atoms with Crippen molar-refractivity contribution in [2.75, 3.05) is 6.54 Å². The summed E-state index contributed by atoms with van der Waals surface area (Å²) in [5.41, 5.74) is 3.46. The van der Waals surface area contributed by atoms with E-state index in [1.165, 1.54) is 10.7 Å². The number of benzene rings is 1. The lowest BCUT2D eigenvalue weighted by molar-refractivity contribution is 0.0952. The first-order valence-electron chi connectivity index (χ1n) is 8.95. The van der Waals surface area contributed by atoms with Gasteiger partial charge in [0.05, 0.1) is 11.8 Å². The number of hydrogen-bond acceptors (Lipinski definition) is 4. The number of carbonyl (C=O) groups excluding carboxylic acids is 1. The van der Waals surface area contributed by atoms with Crippen molar-refractivity contribution in [2.45, 2.75) is 33.0 Å². The molecule has 4 rings (SSSR count). The average Bonchev–Trinajstić information content (AvgIpc) is 3.13. The molecule has 1 aliphatic rings. The van der Waals surface area contributed by atoms with E-state index >= 15 is 0 Å². The Labute approximate surface area is 173 Å². The molecule has 1 aliphatic heterocycles. The van der Waals surface area contributed by atoms with Crippen LogP contribution in [0.2, 0.25) is 5.02 Å². The molecule has 2 aromatic heterocycles. The van der Waals surface area contributed by atoms with Crippen LogP contribution < -0.4 is 16.2 Å². The summed E-state index contributed by atoms with van der Waals surface area (Å²) in [5, 5.41) is 11.0. The normalized spacial score (nSPS) is 13.1. The molecule has 148 valence electrons. The molecule has 2 N–H and O–H groups in total. The van der Waals surface area contributed by atoms with E-state index in [-0.39, 0.29) is 23.9 Å². The van der Waals surface area contributed by atoms with Gasteiger partial charge in [0.15, 0.2) is 5.65 Å². The number of halogens is 2. The zero-order valence-electron chi connectivity index (χ0n) is 15.4. The van der Waals surface area contributed by atoms with Crippen LogP contribution in [-0.4, -0.2) is 26.6 Å². The highest BCUT2D eigenvalue weighted by atomic mass is 35.5. The van der Waals surface area contributed by atoms with Gasteiger partial charge in [0.25, 0.3) is 11.5 Å². The summed E-state index contributed by atoms with van der Waals surface area (Å²) < 4.78 is 3.37. The molecule has 1 aromatic carbocycles. The first kappa shape index (κ1) is 20.4. The molecule has 0 fully saturated rings. The second kappa shape index (κ2) is 8.34. The van der Waals surface area contributed by atoms with Gasteiger partial charge in [-0.25, -0.2) is 0 Å². The van der Waals surface area contributed by atoms with Gasteiger partial charge in [-0.05, 0) is 24.6 Å². The molecule has 0 unspecified atom stereocenters. The molecule has 0 aliphatic carbocycles. The van der Waals surface area contributed by atoms with Crippen molar-refractivity contribution >= 4 is 35.6 Å². The number of rotatable bonds is 4. The van der Waals surface area contributed by atoms with Crippen molar-refractivity contribution in [3.05, 3.63) is 68.2 Å². The van der Waals surface area contributed by atoms with Crippen LogP contribution in [0.3, 0.4) is 0 Å². The molecule has 0 radical (unpaired) electrons. The number of fused-ring (bicyclic) bond motifs is 2. The maximum absolute atomic E-state index is 12.8. The molecule has 1 amide bonds. The smallest absolute Gasteiger partial charge is 0.279 e. The van der Waals surface area contributed by atoms with E-state index in [1.54, 1.807) is 12.1 Å². The summed E-state index contributed by atoms with van der Waals surface area (Å²) in [4.78, 5) is 25.6. The number of aryl methyl sites for hydroxylation is 1. The Bertz CT molecular complexity index is 1070. The van der Waals surface area contributed by atoms with Crippen molar-refractivity contribution in [2.24, 2.45) is 0 Å². The lowest BCUT2D eigenvalue weighted by Crippen LogP contribution is -2.36. The highest BCUT2D eigenvalue weighted by Gasteiger charge is 2.24. The third-order valence-corrected chi connectivity index (χ3v) is 5.14. The zero-order valence-corrected chi connectivity index (χ0v) is 16.9. The number of carbonyl (C=O) groups is 1. The van der Waals surface area contributed by atoms with E-state index in [2.05, 4.69) is 15.7 Å². The topological polar surface area (TPSA) is 80.4 Å². The van der Waals surface area contributed by atoms with Crippen LogP contribution in [-0.2, 0) is 26.1 Å². The second-order valence-electron chi connectivity index (χ2n) is 6.50. The molecule has 0 atom stereocenters. The molecule has 28 heavy (non-hydrogen) atoms. The summed E-state index contributed by atoms with van der Waals surface area (Å²) in [6, 6.07) is 7.30. The van der Waals surface area contributed by atoms with E-state index in [9.17, 15) is 9.59 Å². The Kier molecular flexibility index (Phi) is 6.07. The molecule has 0 spiro atoms. The first-order chi connectivity index (χ1) is 13.1. The minimum absolute atomic E-state index is 0. The van der Waals surface area contributed by atoms with Crippen LogP contribution in [0.4, 0.5) is 0 Å². The van der Waals surface area contributed by atoms with Crippen LogP contribution in [0.15, 0.2) is 35.3 Å². The van der Waals surface area contributed by atoms with Gasteiger partial charge in [0, 0.05) is 43.3 Å². The summed E-state index contributed by atoms with van der Waals surface area (Å²) in [7, 11) is 0. The molecular weight excluding hydrogens is 401 g/mol. The van der Waals surface area contributed by atoms with E-state index in [1.807, 2.05) is 23.6 Å². The average molecular weight is 422 g/mol. The lowest BCUT2D eigenvalue weighted by Gasteiger charge is -2.22. The Hall–Kier alpha value is -2.35. The van der Waals surface area contributed by atoms with Crippen LogP contribution in [0.25, 0.3) is 5.65 Å². The summed E-state index contributed by atoms with van der Waals surface area (Å²) in [6.07, 6.45) is 2.23. The molecule has 7 nitrogen and oxygen atoms in total. The highest BCUT2D eigenvalue weighted by Crippen LogP contribution is 2.18. The van der Waals surface area contributed by atoms with Crippen molar-refractivity contribution in [3.8, 4) is 0 Å². The van der Waals surface area contributed by atoms with Gasteiger partial charge in [0.1, 0.15) is 5.56 Å². The fourth-order valence-electron chi connectivity index (χ4n) is 3.56. The van der Waals surface area contributed by atoms with Gasteiger partial charge in [0.2, 0.25) is 0 Å². The number of nitrogens with zero attached hydrogens (tertiary/aromatic N) is 3. The maximum atomic E-state index is 12.8. The predicted molar refractivity (Wildman–Crippen MR) is 110 cm³/mol. The summed E-state index contributed by atoms with van der Waals surface area (Å²) >= 11 is 5.89. The van der Waals surface area contributed by atoms with Crippen molar-refractivity contribution < 1.29 is 4.79 Å². The second-order valence-corrected chi connectivity index (χ2v) is 6.94. The maximum Gasteiger partial charge on any atom is 0.279 e. The van der Waals surface area contributed by atoms with E-state index in [0.717, 1.165) is 29.8 Å². The summed E-state index contributed by atoms with van der Waals surface area (Å²) in [6.45, 7) is 4.39. The van der Waals surface area contributed by atoms with Crippen LogP contribution in [0.5, 0.6) is 0 Å². The Morgan fingerprint density at radius 2 is 2.07 bits per heavy atom. The molecule has 0 saturated carbocycles. The molecule has 3 aromatic rings. The van der Waals surface area contributed by atoms with Crippen LogP contribution in [0, 0.1) is 0 Å². The zero-order chi connectivity index (χ0) is 19.0. The standard InChI is InChI=1S/C19H20ClN5O2.ClH/c1-2-24-16-7-8-21-10-14(16)19(27)25-18(24)15(11-23-25)17(26)22-9-12-3-5-13(20)6-4-12;/h3-6,11,21H,2,7-10H2,1H3,(H,22,26);1H. The van der Waals surface area contributed by atoms with Crippen molar-refractivity contribution in [3.63, 3.8) is 0 Å². The van der Waals surface area contributed by atoms with Gasteiger partial charge in [-0.3, -0.25) is 9.59 Å². The minimum Gasteiger partial charge on any atom is -0.348 e. The first-order valence-corrected chi connectivity index (χ1v) is 9.33. The Balaban J connectivity index is 0.00000225. The van der Waals surface area contributed by atoms with E-state index in [0.29, 0.717) is 35.9 Å². The van der Waals surface area contributed by atoms with Gasteiger partial charge in [-0.2, -0.15) is 9.61 Å². The Morgan fingerprint density at radius 3 is 2.79 bits per heavy atom. The number of aromatic nitrogens is 3. The number of nitrogens with one attached hydrogen (secondary N) is 2. The Morgan fingerprint density at radius 1 is 1.32 bits per heavy atom. The molecule has 0 saturated heterocycles. The van der Waals surface area contributed by atoms with Gasteiger partial charge in [-0.15, -0.1) is 12.4 Å². The molecule has 3 heterocycles. The van der Waals surface area contributed by atoms with E-state index < -0.39 is 0 Å². The van der Waals surface area contributed by atoms with Crippen LogP contribution in [0.1, 0.15) is 34.1 Å². The van der Waals surface area contributed by atoms with Gasteiger partial charge in [-0.1, -0.05) is 23.7 Å². The van der Waals surface area contributed by atoms with Crippen molar-refractivity contribution in [1.82, 2.24) is 24.8 Å². The quantitative estimate of drug-likeness (QED) is 0.676. The number of amides is 1. The lowest BCUT2D eigenvalue weighted by atomic mass is 10.1. The van der Waals surface area contributed by atoms with Gasteiger partial charge < -0.3 is 15.2 Å².